The van der Waals surface area contributed by atoms with Gasteiger partial charge in [0.15, 0.2) is 5.75 Å². The van der Waals surface area contributed by atoms with Crippen LogP contribution >= 0.6 is 12.4 Å². The number of nitro groups is 1. The molecule has 1 heterocycles. The highest BCUT2D eigenvalue weighted by Gasteiger charge is 2.27. The third-order valence-electron chi connectivity index (χ3n) is 4.11. The molecule has 2 rings (SSSR count). The molecule has 1 aliphatic heterocycles. The molecule has 1 amide bonds. The molecule has 0 aromatic heterocycles. The average molecular weight is 344 g/mol. The van der Waals surface area contributed by atoms with Crippen molar-refractivity contribution in [3.05, 3.63) is 33.9 Å². The lowest BCUT2D eigenvalue weighted by Crippen LogP contribution is -2.45. The van der Waals surface area contributed by atoms with Crippen LogP contribution in [0.25, 0.3) is 0 Å². The fourth-order valence-corrected chi connectivity index (χ4v) is 2.77. The second kappa shape index (κ2) is 8.12. The average Bonchev–Trinajstić information content (AvgIpc) is 2.53. The van der Waals surface area contributed by atoms with E-state index in [0.29, 0.717) is 18.7 Å². The molecule has 1 aliphatic rings. The molecular formula is C15H22ClN3O4. The molecule has 128 valence electrons. The van der Waals surface area contributed by atoms with Gasteiger partial charge in [-0.2, -0.15) is 0 Å². The molecule has 1 saturated heterocycles. The molecule has 0 radical (unpaired) electrons. The molecule has 2 N–H and O–H groups in total. The van der Waals surface area contributed by atoms with Gasteiger partial charge < -0.3 is 15.4 Å². The topological polar surface area (TPSA) is 98.7 Å². The van der Waals surface area contributed by atoms with Crippen LogP contribution in [0.3, 0.4) is 0 Å². The SMILES string of the molecule is COc1cc(C(=O)N2CCCC(C(C)N)C2)ccc1[N+](=O)[O-].Cl. The number of hydrogen-bond acceptors (Lipinski definition) is 5. The second-order valence-corrected chi connectivity index (χ2v) is 5.66. The molecule has 2 unspecified atom stereocenters. The molecule has 23 heavy (non-hydrogen) atoms. The van der Waals surface area contributed by atoms with E-state index in [4.69, 9.17) is 10.5 Å². The van der Waals surface area contributed by atoms with Crippen LogP contribution in [0.1, 0.15) is 30.1 Å². The maximum Gasteiger partial charge on any atom is 0.310 e. The quantitative estimate of drug-likeness (QED) is 0.667. The number of methoxy groups -OCH3 is 1. The highest BCUT2D eigenvalue weighted by atomic mass is 35.5. The van der Waals surface area contributed by atoms with E-state index in [-0.39, 0.29) is 41.7 Å². The maximum atomic E-state index is 12.6. The summed E-state index contributed by atoms with van der Waals surface area (Å²) < 4.78 is 5.01. The number of halogens is 1. The second-order valence-electron chi connectivity index (χ2n) is 5.66. The first-order valence-electron chi connectivity index (χ1n) is 7.31. The number of rotatable bonds is 4. The highest BCUT2D eigenvalue weighted by Crippen LogP contribution is 2.29. The largest absolute Gasteiger partial charge is 0.490 e. The first kappa shape index (κ1) is 19.2. The van der Waals surface area contributed by atoms with Crippen molar-refractivity contribution in [1.29, 1.82) is 0 Å². The van der Waals surface area contributed by atoms with E-state index >= 15 is 0 Å². The number of carbonyl (C=O) groups excluding carboxylic acids is 1. The van der Waals surface area contributed by atoms with Crippen LogP contribution in [0.5, 0.6) is 5.75 Å². The smallest absolute Gasteiger partial charge is 0.310 e. The Labute approximate surface area is 141 Å². The monoisotopic (exact) mass is 343 g/mol. The molecule has 0 saturated carbocycles. The minimum Gasteiger partial charge on any atom is -0.490 e. The van der Waals surface area contributed by atoms with Crippen molar-refractivity contribution in [1.82, 2.24) is 4.90 Å². The molecular weight excluding hydrogens is 322 g/mol. The molecule has 0 spiro atoms. The van der Waals surface area contributed by atoms with Crippen LogP contribution in [-0.4, -0.2) is 42.0 Å². The third-order valence-corrected chi connectivity index (χ3v) is 4.11. The number of nitro benzene ring substituents is 1. The van der Waals surface area contributed by atoms with Crippen molar-refractivity contribution < 1.29 is 14.5 Å². The number of likely N-dealkylation sites (tertiary alicyclic amines) is 1. The Bertz CT molecular complexity index is 580. The van der Waals surface area contributed by atoms with Crippen molar-refractivity contribution in [2.45, 2.75) is 25.8 Å². The standard InChI is InChI=1S/C15H21N3O4.ClH/c1-10(16)12-4-3-7-17(9-12)15(19)11-5-6-13(18(20)21)14(8-11)22-2;/h5-6,8,10,12H,3-4,7,9,16H2,1-2H3;1H. The Morgan fingerprint density at radius 3 is 2.78 bits per heavy atom. The third kappa shape index (κ3) is 4.33. The minimum absolute atomic E-state index is 0. The number of benzene rings is 1. The zero-order valence-corrected chi connectivity index (χ0v) is 14.0. The molecule has 0 bridgehead atoms. The van der Waals surface area contributed by atoms with Crippen LogP contribution in [0.4, 0.5) is 5.69 Å². The number of carbonyl (C=O) groups is 1. The highest BCUT2D eigenvalue weighted by molar-refractivity contribution is 5.95. The van der Waals surface area contributed by atoms with Gasteiger partial charge in [-0.1, -0.05) is 0 Å². The fraction of sp³-hybridized carbons (Fsp3) is 0.533. The summed E-state index contributed by atoms with van der Waals surface area (Å²) in [4.78, 5) is 24.7. The summed E-state index contributed by atoms with van der Waals surface area (Å²) in [7, 11) is 1.35. The molecule has 7 nitrogen and oxygen atoms in total. The normalized spacial score (nSPS) is 18.7. The van der Waals surface area contributed by atoms with Gasteiger partial charge in [0.25, 0.3) is 5.91 Å². The molecule has 1 fully saturated rings. The van der Waals surface area contributed by atoms with E-state index in [9.17, 15) is 14.9 Å². The molecule has 0 aliphatic carbocycles. The molecule has 1 aromatic rings. The molecule has 2 atom stereocenters. The van der Waals surface area contributed by atoms with Crippen LogP contribution in [-0.2, 0) is 0 Å². The van der Waals surface area contributed by atoms with E-state index in [1.165, 1.54) is 25.3 Å². The Morgan fingerprint density at radius 2 is 2.22 bits per heavy atom. The van der Waals surface area contributed by atoms with Crippen LogP contribution in [0.2, 0.25) is 0 Å². The van der Waals surface area contributed by atoms with Gasteiger partial charge in [-0.25, -0.2) is 0 Å². The maximum absolute atomic E-state index is 12.6. The van der Waals surface area contributed by atoms with E-state index in [2.05, 4.69) is 0 Å². The summed E-state index contributed by atoms with van der Waals surface area (Å²) >= 11 is 0. The Kier molecular flexibility index (Phi) is 6.78. The predicted octanol–water partition coefficient (Wildman–Crippen LogP) is 2.22. The predicted molar refractivity (Wildman–Crippen MR) is 89.2 cm³/mol. The first-order chi connectivity index (χ1) is 10.4. The van der Waals surface area contributed by atoms with E-state index in [0.717, 1.165) is 12.8 Å². The van der Waals surface area contributed by atoms with E-state index < -0.39 is 4.92 Å². The van der Waals surface area contributed by atoms with Crippen molar-refractivity contribution in [3.63, 3.8) is 0 Å². The first-order valence-corrected chi connectivity index (χ1v) is 7.31. The van der Waals surface area contributed by atoms with Gasteiger partial charge in [0.2, 0.25) is 0 Å². The summed E-state index contributed by atoms with van der Waals surface area (Å²) in [6, 6.07) is 4.25. The van der Waals surface area contributed by atoms with Crippen molar-refractivity contribution >= 4 is 24.0 Å². The van der Waals surface area contributed by atoms with Crippen molar-refractivity contribution in [3.8, 4) is 5.75 Å². The van der Waals surface area contributed by atoms with E-state index in [1.54, 1.807) is 4.90 Å². The summed E-state index contributed by atoms with van der Waals surface area (Å²) in [6.07, 6.45) is 1.94. The lowest BCUT2D eigenvalue weighted by molar-refractivity contribution is -0.385. The van der Waals surface area contributed by atoms with Crippen LogP contribution < -0.4 is 10.5 Å². The van der Waals surface area contributed by atoms with Gasteiger partial charge in [0, 0.05) is 36.8 Å². The number of piperidine rings is 1. The van der Waals surface area contributed by atoms with Gasteiger partial charge in [-0.15, -0.1) is 12.4 Å². The van der Waals surface area contributed by atoms with Gasteiger partial charge in [-0.05, 0) is 31.7 Å². The number of nitrogens with two attached hydrogens (primary N) is 1. The zero-order chi connectivity index (χ0) is 16.3. The molecule has 1 aromatic carbocycles. The summed E-state index contributed by atoms with van der Waals surface area (Å²) in [5.74, 6) is 0.243. The fourth-order valence-electron chi connectivity index (χ4n) is 2.77. The van der Waals surface area contributed by atoms with E-state index in [1.807, 2.05) is 6.92 Å². The Hall–Kier alpha value is -1.86. The van der Waals surface area contributed by atoms with Gasteiger partial charge >= 0.3 is 5.69 Å². The van der Waals surface area contributed by atoms with Crippen molar-refractivity contribution in [2.75, 3.05) is 20.2 Å². The van der Waals surface area contributed by atoms with Gasteiger partial charge in [0.05, 0.1) is 12.0 Å². The number of hydrogen-bond donors (Lipinski definition) is 1. The lowest BCUT2D eigenvalue weighted by Gasteiger charge is -2.34. The summed E-state index contributed by atoms with van der Waals surface area (Å²) in [5.41, 5.74) is 6.18. The number of nitrogens with zero attached hydrogens (tertiary/aromatic N) is 2. The van der Waals surface area contributed by atoms with Gasteiger partial charge in [0.1, 0.15) is 0 Å². The molecule has 8 heteroatoms. The zero-order valence-electron chi connectivity index (χ0n) is 13.2. The van der Waals surface area contributed by atoms with Crippen LogP contribution in [0, 0.1) is 16.0 Å². The van der Waals surface area contributed by atoms with Crippen LogP contribution in [0.15, 0.2) is 18.2 Å². The van der Waals surface area contributed by atoms with Gasteiger partial charge in [-0.3, -0.25) is 14.9 Å². The lowest BCUT2D eigenvalue weighted by atomic mass is 9.92. The minimum atomic E-state index is -0.528. The Balaban J connectivity index is 0.00000264. The number of amides is 1. The summed E-state index contributed by atoms with van der Waals surface area (Å²) in [5, 5.41) is 10.9. The number of ether oxygens (including phenoxy) is 1. The summed E-state index contributed by atoms with van der Waals surface area (Å²) in [6.45, 7) is 3.25. The Morgan fingerprint density at radius 1 is 1.52 bits per heavy atom. The van der Waals surface area contributed by atoms with Crippen molar-refractivity contribution in [2.24, 2.45) is 11.7 Å².